The molecule has 0 atom stereocenters. The van der Waals surface area contributed by atoms with E-state index in [0.29, 0.717) is 0 Å². The van der Waals surface area contributed by atoms with Crippen LogP contribution in [0.3, 0.4) is 0 Å². The minimum Gasteiger partial charge on any atom is -0.256 e. The molecule has 104 valence electrons. The van der Waals surface area contributed by atoms with Crippen LogP contribution in [-0.4, -0.2) is 5.71 Å². The molecular weight excluding hydrogens is 261 g/mol. The minimum atomic E-state index is -0.219. The van der Waals surface area contributed by atoms with Crippen molar-refractivity contribution in [3.05, 3.63) is 83.8 Å². The van der Waals surface area contributed by atoms with E-state index >= 15 is 0 Å². The Bertz CT molecular complexity index is 754. The van der Waals surface area contributed by atoms with Gasteiger partial charge in [-0.05, 0) is 48.7 Å². The Kier molecular flexibility index (Phi) is 3.78. The van der Waals surface area contributed by atoms with Crippen molar-refractivity contribution in [2.45, 2.75) is 13.3 Å². The van der Waals surface area contributed by atoms with Crippen LogP contribution in [0.25, 0.3) is 11.1 Å². The second kappa shape index (κ2) is 5.88. The number of halogens is 1. The van der Waals surface area contributed by atoms with Gasteiger partial charge in [-0.25, -0.2) is 4.39 Å². The highest BCUT2D eigenvalue weighted by atomic mass is 19.1. The number of hydrogen-bond donors (Lipinski definition) is 0. The van der Waals surface area contributed by atoms with Gasteiger partial charge in [0.25, 0.3) is 0 Å². The van der Waals surface area contributed by atoms with E-state index in [9.17, 15) is 4.39 Å². The zero-order valence-corrected chi connectivity index (χ0v) is 11.9. The van der Waals surface area contributed by atoms with Crippen LogP contribution in [-0.2, 0) is 0 Å². The Labute approximate surface area is 124 Å². The quantitative estimate of drug-likeness (QED) is 0.720. The molecule has 1 heterocycles. The maximum atomic E-state index is 13.4. The lowest BCUT2D eigenvalue weighted by atomic mass is 10.0. The summed E-state index contributed by atoms with van der Waals surface area (Å²) in [5.41, 5.74) is 5.08. The predicted molar refractivity (Wildman–Crippen MR) is 85.9 cm³/mol. The average molecular weight is 277 g/mol. The van der Waals surface area contributed by atoms with Gasteiger partial charge >= 0.3 is 0 Å². The molecule has 1 nitrogen and oxygen atoms in total. The van der Waals surface area contributed by atoms with Crippen LogP contribution in [0.15, 0.2) is 77.4 Å². The van der Waals surface area contributed by atoms with Gasteiger partial charge in [0.2, 0.25) is 0 Å². The van der Waals surface area contributed by atoms with Gasteiger partial charge in [-0.2, -0.15) is 0 Å². The van der Waals surface area contributed by atoms with Crippen LogP contribution >= 0.6 is 0 Å². The summed E-state index contributed by atoms with van der Waals surface area (Å²) < 4.78 is 13.4. The summed E-state index contributed by atoms with van der Waals surface area (Å²) in [7, 11) is 0. The fourth-order valence-electron chi connectivity index (χ4n) is 2.33. The van der Waals surface area contributed by atoms with Crippen LogP contribution in [0.5, 0.6) is 0 Å². The molecule has 0 fully saturated rings. The maximum absolute atomic E-state index is 13.4. The van der Waals surface area contributed by atoms with Crippen molar-refractivity contribution in [2.75, 3.05) is 0 Å². The predicted octanol–water partition coefficient (Wildman–Crippen LogP) is 5.15. The number of benzene rings is 2. The second-order valence-corrected chi connectivity index (χ2v) is 5.19. The van der Waals surface area contributed by atoms with Crippen molar-refractivity contribution in [3.8, 4) is 11.1 Å². The van der Waals surface area contributed by atoms with Crippen molar-refractivity contribution >= 4 is 5.71 Å². The molecule has 0 spiro atoms. The molecule has 1 aliphatic heterocycles. The monoisotopic (exact) mass is 277 g/mol. The number of allylic oxidation sites excluding steroid dienone is 3. The Morgan fingerprint density at radius 3 is 2.48 bits per heavy atom. The summed E-state index contributed by atoms with van der Waals surface area (Å²) in [6.45, 7) is 2.07. The first kappa shape index (κ1) is 13.5. The molecular formula is C19H16FN. The highest BCUT2D eigenvalue weighted by Crippen LogP contribution is 2.22. The van der Waals surface area contributed by atoms with Crippen LogP contribution in [0.4, 0.5) is 4.39 Å². The molecule has 0 saturated heterocycles. The standard InChI is InChI=1S/C19H16FN/c1-14-5-2-10-19(21-13-14)17-8-3-6-15(11-17)16-7-4-9-18(20)12-16/h2-4,6-13H,5H2,1H3. The second-order valence-electron chi connectivity index (χ2n) is 5.19. The molecule has 0 radical (unpaired) electrons. The molecule has 1 aliphatic rings. The van der Waals surface area contributed by atoms with Crippen LogP contribution < -0.4 is 0 Å². The molecule has 0 amide bonds. The lowest BCUT2D eigenvalue weighted by molar-refractivity contribution is 0.628. The van der Waals surface area contributed by atoms with Gasteiger partial charge in [-0.1, -0.05) is 42.0 Å². The largest absolute Gasteiger partial charge is 0.256 e. The highest BCUT2D eigenvalue weighted by Gasteiger charge is 2.05. The third-order valence-electron chi connectivity index (χ3n) is 3.46. The van der Waals surface area contributed by atoms with Gasteiger partial charge in [0, 0.05) is 11.8 Å². The molecule has 0 unspecified atom stereocenters. The maximum Gasteiger partial charge on any atom is 0.123 e. The molecule has 0 N–H and O–H groups in total. The van der Waals surface area contributed by atoms with Gasteiger partial charge in [-0.3, -0.25) is 4.99 Å². The number of aliphatic imine (C=N–C) groups is 1. The lowest BCUT2D eigenvalue weighted by Gasteiger charge is -2.05. The molecule has 2 heteroatoms. The van der Waals surface area contributed by atoms with E-state index in [1.807, 2.05) is 42.6 Å². The Hall–Kier alpha value is -2.48. The number of hydrogen-bond acceptors (Lipinski definition) is 1. The third kappa shape index (κ3) is 3.16. The Balaban J connectivity index is 2.01. The minimum absolute atomic E-state index is 0.219. The smallest absolute Gasteiger partial charge is 0.123 e. The normalized spacial score (nSPS) is 14.4. The summed E-state index contributed by atoms with van der Waals surface area (Å²) >= 11 is 0. The molecule has 0 aliphatic carbocycles. The van der Waals surface area contributed by atoms with Crippen molar-refractivity contribution in [3.63, 3.8) is 0 Å². The van der Waals surface area contributed by atoms with Gasteiger partial charge in [0.05, 0.1) is 5.71 Å². The molecule has 3 rings (SSSR count). The summed E-state index contributed by atoms with van der Waals surface area (Å²) in [6.07, 6.45) is 6.99. The van der Waals surface area contributed by atoms with E-state index in [0.717, 1.165) is 28.8 Å². The first-order valence-electron chi connectivity index (χ1n) is 6.99. The topological polar surface area (TPSA) is 12.4 Å². The zero-order chi connectivity index (χ0) is 14.7. The fraction of sp³-hybridized carbons (Fsp3) is 0.105. The van der Waals surface area contributed by atoms with Crippen molar-refractivity contribution in [1.82, 2.24) is 0 Å². The van der Waals surface area contributed by atoms with Gasteiger partial charge in [-0.15, -0.1) is 0 Å². The van der Waals surface area contributed by atoms with Crippen molar-refractivity contribution < 1.29 is 4.39 Å². The fourth-order valence-corrected chi connectivity index (χ4v) is 2.33. The number of nitrogens with zero attached hydrogens (tertiary/aromatic N) is 1. The van der Waals surface area contributed by atoms with Gasteiger partial charge in [0.1, 0.15) is 5.82 Å². The van der Waals surface area contributed by atoms with E-state index in [-0.39, 0.29) is 5.82 Å². The molecule has 0 aromatic heterocycles. The molecule has 2 aromatic carbocycles. The van der Waals surface area contributed by atoms with Gasteiger partial charge < -0.3 is 0 Å². The van der Waals surface area contributed by atoms with Crippen LogP contribution in [0.1, 0.15) is 18.9 Å². The summed E-state index contributed by atoms with van der Waals surface area (Å²) in [4.78, 5) is 4.52. The van der Waals surface area contributed by atoms with Gasteiger partial charge in [0.15, 0.2) is 0 Å². The lowest BCUT2D eigenvalue weighted by Crippen LogP contribution is -1.96. The zero-order valence-electron chi connectivity index (χ0n) is 11.9. The third-order valence-corrected chi connectivity index (χ3v) is 3.46. The molecule has 0 saturated carbocycles. The average Bonchev–Trinajstić information content (AvgIpc) is 2.72. The summed E-state index contributed by atoms with van der Waals surface area (Å²) in [5.74, 6) is -0.219. The van der Waals surface area contributed by atoms with E-state index in [1.165, 1.54) is 11.6 Å². The molecule has 2 aromatic rings. The van der Waals surface area contributed by atoms with E-state index < -0.39 is 0 Å². The first-order chi connectivity index (χ1) is 10.2. The van der Waals surface area contributed by atoms with Crippen LogP contribution in [0.2, 0.25) is 0 Å². The molecule has 21 heavy (non-hydrogen) atoms. The SMILES string of the molecule is CC1=CN=C(c2cccc(-c3cccc(F)c3)c2)C=CC1. The first-order valence-corrected chi connectivity index (χ1v) is 6.99. The van der Waals surface area contributed by atoms with E-state index in [1.54, 1.807) is 12.1 Å². The summed E-state index contributed by atoms with van der Waals surface area (Å²) in [6, 6.07) is 14.7. The van der Waals surface area contributed by atoms with Crippen molar-refractivity contribution in [2.24, 2.45) is 4.99 Å². The Morgan fingerprint density at radius 1 is 0.952 bits per heavy atom. The Morgan fingerprint density at radius 2 is 1.67 bits per heavy atom. The number of rotatable bonds is 2. The van der Waals surface area contributed by atoms with E-state index in [4.69, 9.17) is 0 Å². The van der Waals surface area contributed by atoms with E-state index in [2.05, 4.69) is 18.0 Å². The van der Waals surface area contributed by atoms with Crippen LogP contribution in [0, 0.1) is 5.82 Å². The highest BCUT2D eigenvalue weighted by molar-refractivity contribution is 6.09. The van der Waals surface area contributed by atoms with Crippen molar-refractivity contribution in [1.29, 1.82) is 0 Å². The molecule has 0 bridgehead atoms. The summed E-state index contributed by atoms with van der Waals surface area (Å²) in [5, 5.41) is 0.